The van der Waals surface area contributed by atoms with Crippen LogP contribution in [-0.2, 0) is 11.8 Å². The minimum absolute atomic E-state index is 0.112. The molecule has 0 radical (unpaired) electrons. The van der Waals surface area contributed by atoms with Gasteiger partial charge in [0.25, 0.3) is 5.56 Å². The second-order valence-electron chi connectivity index (χ2n) is 7.39. The fourth-order valence-corrected chi connectivity index (χ4v) is 3.68. The monoisotopic (exact) mass is 381 g/mol. The Balaban J connectivity index is 1.56. The number of hydrogen-bond acceptors (Lipinski definition) is 6. The van der Waals surface area contributed by atoms with Gasteiger partial charge < -0.3 is 14.4 Å². The molecule has 1 aliphatic carbocycles. The van der Waals surface area contributed by atoms with Crippen molar-refractivity contribution in [1.82, 2.24) is 20.0 Å². The van der Waals surface area contributed by atoms with Crippen molar-refractivity contribution >= 4 is 16.6 Å². The predicted molar refractivity (Wildman–Crippen MR) is 106 cm³/mol. The lowest BCUT2D eigenvalue weighted by Gasteiger charge is -2.28. The first-order valence-electron chi connectivity index (χ1n) is 9.75. The summed E-state index contributed by atoms with van der Waals surface area (Å²) in [6.07, 6.45) is 3.77. The molecule has 1 aromatic carbocycles. The van der Waals surface area contributed by atoms with E-state index in [1.165, 1.54) is 11.1 Å². The smallest absolute Gasteiger partial charge is 0.290 e. The van der Waals surface area contributed by atoms with Gasteiger partial charge in [0.2, 0.25) is 0 Å². The van der Waals surface area contributed by atoms with Crippen LogP contribution in [0.5, 0.6) is 5.75 Å². The molecule has 0 spiro atoms. The summed E-state index contributed by atoms with van der Waals surface area (Å²) in [4.78, 5) is 14.7. The van der Waals surface area contributed by atoms with Gasteiger partial charge in [-0.25, -0.2) is 4.68 Å². The van der Waals surface area contributed by atoms with Crippen molar-refractivity contribution in [3.63, 3.8) is 0 Å². The molecule has 8 nitrogen and oxygen atoms in total. The predicted octanol–water partition coefficient (Wildman–Crippen LogP) is 2.09. The highest BCUT2D eigenvalue weighted by molar-refractivity contribution is 5.93. The number of benzene rings is 1. The van der Waals surface area contributed by atoms with Crippen LogP contribution in [0.2, 0.25) is 0 Å². The van der Waals surface area contributed by atoms with Crippen LogP contribution in [0, 0.1) is 0 Å². The summed E-state index contributed by atoms with van der Waals surface area (Å²) in [5, 5.41) is 12.9. The van der Waals surface area contributed by atoms with E-state index in [1.54, 1.807) is 7.05 Å². The van der Waals surface area contributed by atoms with E-state index in [1.807, 2.05) is 24.3 Å². The lowest BCUT2D eigenvalue weighted by Crippen LogP contribution is -2.40. The zero-order valence-corrected chi connectivity index (χ0v) is 15.9. The van der Waals surface area contributed by atoms with Crippen molar-refractivity contribution in [2.45, 2.75) is 25.4 Å². The Morgan fingerprint density at radius 3 is 2.79 bits per heavy atom. The standard InChI is InChI=1S/C20H23N5O3/c1-24-20(26)18(25-7-9-27-10-8-25)12-17(23-24)19-15-11-14(28-13-3-2-4-13)5-6-16(15)21-22-19/h5-6,11-13H,2-4,7-10H2,1H3,(H,21,22). The quantitative estimate of drug-likeness (QED) is 0.745. The molecule has 1 saturated heterocycles. The number of ether oxygens (including phenoxy) is 2. The lowest BCUT2D eigenvalue weighted by molar-refractivity contribution is 0.120. The molecule has 1 saturated carbocycles. The maximum Gasteiger partial charge on any atom is 0.290 e. The number of aromatic nitrogens is 4. The van der Waals surface area contributed by atoms with Crippen LogP contribution in [0.15, 0.2) is 29.1 Å². The topological polar surface area (TPSA) is 85.3 Å². The van der Waals surface area contributed by atoms with Crippen molar-refractivity contribution in [2.75, 3.05) is 31.2 Å². The molecule has 2 fully saturated rings. The maximum atomic E-state index is 12.6. The van der Waals surface area contributed by atoms with Gasteiger partial charge in [-0.3, -0.25) is 9.89 Å². The zero-order valence-electron chi connectivity index (χ0n) is 15.9. The van der Waals surface area contributed by atoms with Crippen LogP contribution in [0.1, 0.15) is 19.3 Å². The second-order valence-corrected chi connectivity index (χ2v) is 7.39. The first-order valence-corrected chi connectivity index (χ1v) is 9.75. The fourth-order valence-electron chi connectivity index (χ4n) is 3.68. The highest BCUT2D eigenvalue weighted by Gasteiger charge is 2.21. The molecular formula is C20H23N5O3. The molecule has 0 bridgehead atoms. The molecule has 1 aliphatic heterocycles. The normalized spacial score (nSPS) is 17.7. The number of aryl methyl sites for hydroxylation is 1. The number of H-pyrrole nitrogens is 1. The zero-order chi connectivity index (χ0) is 19.1. The third-order valence-electron chi connectivity index (χ3n) is 5.53. The number of aromatic amines is 1. The van der Waals surface area contributed by atoms with E-state index in [0.717, 1.165) is 35.2 Å². The average molecular weight is 381 g/mol. The minimum Gasteiger partial charge on any atom is -0.490 e. The summed E-state index contributed by atoms with van der Waals surface area (Å²) in [6, 6.07) is 7.79. The minimum atomic E-state index is -0.112. The first kappa shape index (κ1) is 17.2. The summed E-state index contributed by atoms with van der Waals surface area (Å²) in [5.41, 5.74) is 2.82. The van der Waals surface area contributed by atoms with Gasteiger partial charge in [-0.1, -0.05) is 0 Å². The van der Waals surface area contributed by atoms with Gasteiger partial charge in [-0.05, 0) is 43.5 Å². The van der Waals surface area contributed by atoms with Crippen LogP contribution in [0.4, 0.5) is 5.69 Å². The van der Waals surface area contributed by atoms with Crippen LogP contribution in [0.3, 0.4) is 0 Å². The molecular weight excluding hydrogens is 358 g/mol. The van der Waals surface area contributed by atoms with Crippen LogP contribution >= 0.6 is 0 Å². The Morgan fingerprint density at radius 1 is 1.21 bits per heavy atom. The van der Waals surface area contributed by atoms with Gasteiger partial charge in [-0.15, -0.1) is 0 Å². The summed E-state index contributed by atoms with van der Waals surface area (Å²) in [5.74, 6) is 0.845. The molecule has 28 heavy (non-hydrogen) atoms. The third-order valence-corrected chi connectivity index (χ3v) is 5.53. The number of hydrogen-bond donors (Lipinski definition) is 1. The van der Waals surface area contributed by atoms with E-state index in [9.17, 15) is 4.79 Å². The van der Waals surface area contributed by atoms with Gasteiger partial charge in [0.15, 0.2) is 0 Å². The Hall–Kier alpha value is -2.87. The van der Waals surface area contributed by atoms with Gasteiger partial charge in [0, 0.05) is 25.5 Å². The fraction of sp³-hybridized carbons (Fsp3) is 0.450. The Morgan fingerprint density at radius 2 is 2.04 bits per heavy atom. The van der Waals surface area contributed by atoms with Crippen molar-refractivity contribution in [3.05, 3.63) is 34.6 Å². The summed E-state index contributed by atoms with van der Waals surface area (Å²) < 4.78 is 12.8. The van der Waals surface area contributed by atoms with Gasteiger partial charge in [-0.2, -0.15) is 10.2 Å². The van der Waals surface area contributed by atoms with E-state index in [0.29, 0.717) is 43.8 Å². The summed E-state index contributed by atoms with van der Waals surface area (Å²) in [6.45, 7) is 2.63. The van der Waals surface area contributed by atoms with Crippen LogP contribution in [-0.4, -0.2) is 52.4 Å². The maximum absolute atomic E-state index is 12.6. The average Bonchev–Trinajstić information content (AvgIpc) is 3.11. The number of morpholine rings is 1. The number of nitrogens with zero attached hydrogens (tertiary/aromatic N) is 4. The molecule has 0 amide bonds. The van der Waals surface area contributed by atoms with Crippen molar-refractivity contribution in [1.29, 1.82) is 0 Å². The molecule has 146 valence electrons. The van der Waals surface area contributed by atoms with Crippen LogP contribution < -0.4 is 15.2 Å². The van der Waals surface area contributed by atoms with Crippen molar-refractivity contribution in [2.24, 2.45) is 7.05 Å². The van der Waals surface area contributed by atoms with Crippen LogP contribution in [0.25, 0.3) is 22.3 Å². The largest absolute Gasteiger partial charge is 0.490 e. The highest BCUT2D eigenvalue weighted by Crippen LogP contribution is 2.31. The molecule has 8 heteroatoms. The van der Waals surface area contributed by atoms with Gasteiger partial charge >= 0.3 is 0 Å². The SMILES string of the molecule is Cn1nc(-c2n[nH]c3ccc(OC4CCC4)cc23)cc(N2CCOCC2)c1=O. The van der Waals surface area contributed by atoms with Crippen molar-refractivity contribution < 1.29 is 9.47 Å². The molecule has 3 heterocycles. The molecule has 0 atom stereocenters. The summed E-state index contributed by atoms with van der Waals surface area (Å²) in [7, 11) is 1.68. The Labute approximate surface area is 162 Å². The number of fused-ring (bicyclic) bond motifs is 1. The molecule has 2 aliphatic rings. The molecule has 3 aromatic rings. The lowest BCUT2D eigenvalue weighted by atomic mass is 9.96. The van der Waals surface area contributed by atoms with E-state index in [2.05, 4.69) is 20.2 Å². The number of rotatable bonds is 4. The molecule has 0 unspecified atom stereocenters. The molecule has 1 N–H and O–H groups in total. The molecule has 5 rings (SSSR count). The number of anilines is 1. The molecule has 2 aromatic heterocycles. The Bertz CT molecular complexity index is 1060. The first-order chi connectivity index (χ1) is 13.7. The van der Waals surface area contributed by atoms with Gasteiger partial charge in [0.05, 0.1) is 24.8 Å². The number of nitrogens with one attached hydrogen (secondary N) is 1. The highest BCUT2D eigenvalue weighted by atomic mass is 16.5. The van der Waals surface area contributed by atoms with Crippen molar-refractivity contribution in [3.8, 4) is 17.1 Å². The summed E-state index contributed by atoms with van der Waals surface area (Å²) >= 11 is 0. The van der Waals surface area contributed by atoms with E-state index < -0.39 is 0 Å². The van der Waals surface area contributed by atoms with E-state index >= 15 is 0 Å². The van der Waals surface area contributed by atoms with Gasteiger partial charge in [0.1, 0.15) is 22.8 Å². The third kappa shape index (κ3) is 3.03. The second kappa shape index (κ2) is 6.94. The van der Waals surface area contributed by atoms with E-state index in [-0.39, 0.29) is 5.56 Å². The van der Waals surface area contributed by atoms with E-state index in [4.69, 9.17) is 9.47 Å². The Kier molecular flexibility index (Phi) is 4.27.